The second-order valence-electron chi connectivity index (χ2n) is 3.59. The molecule has 0 amide bonds. The van der Waals surface area contributed by atoms with Crippen LogP contribution in [0.4, 0.5) is 0 Å². The van der Waals surface area contributed by atoms with Gasteiger partial charge in [-0.2, -0.15) is 0 Å². The zero-order valence-corrected chi connectivity index (χ0v) is 9.88. The molecule has 0 fully saturated rings. The smallest absolute Gasteiger partial charge is 0.0229 e. The van der Waals surface area contributed by atoms with Crippen molar-refractivity contribution in [3.63, 3.8) is 0 Å². The molecule has 0 radical (unpaired) electrons. The molecule has 1 atom stereocenters. The standard InChI is InChI=1S/C13H23N/c1-5-7-8-9-11-13(4)14-12(3)10-6-2/h5,7-9,11-12,14H,6,10H2,1-4H3/b7-5?,9-8-,13-11+. The first kappa shape index (κ1) is 13.0. The predicted molar refractivity (Wildman–Crippen MR) is 65.2 cm³/mol. The maximum Gasteiger partial charge on any atom is 0.0229 e. The SMILES string of the molecule is CC=C/C=C\C=C(/C)NC(C)CCC. The van der Waals surface area contributed by atoms with Crippen molar-refractivity contribution in [2.45, 2.75) is 46.6 Å². The zero-order chi connectivity index (χ0) is 10.8. The van der Waals surface area contributed by atoms with Crippen LogP contribution in [0.2, 0.25) is 0 Å². The molecule has 0 aliphatic carbocycles. The fourth-order valence-corrected chi connectivity index (χ4v) is 1.32. The Labute approximate surface area is 88.6 Å². The van der Waals surface area contributed by atoms with Crippen molar-refractivity contribution in [2.75, 3.05) is 0 Å². The monoisotopic (exact) mass is 193 g/mol. The molecule has 80 valence electrons. The second kappa shape index (κ2) is 8.61. The Morgan fingerprint density at radius 1 is 1.29 bits per heavy atom. The summed E-state index contributed by atoms with van der Waals surface area (Å²) in [4.78, 5) is 0. The van der Waals surface area contributed by atoms with Crippen molar-refractivity contribution in [3.05, 3.63) is 36.1 Å². The number of allylic oxidation sites excluding steroid dienone is 6. The quantitative estimate of drug-likeness (QED) is 0.633. The number of hydrogen-bond donors (Lipinski definition) is 1. The van der Waals surface area contributed by atoms with Crippen LogP contribution < -0.4 is 5.32 Å². The van der Waals surface area contributed by atoms with E-state index in [1.165, 1.54) is 18.5 Å². The van der Waals surface area contributed by atoms with Gasteiger partial charge in [-0.3, -0.25) is 0 Å². The Morgan fingerprint density at radius 3 is 2.57 bits per heavy atom. The van der Waals surface area contributed by atoms with Gasteiger partial charge in [0.2, 0.25) is 0 Å². The summed E-state index contributed by atoms with van der Waals surface area (Å²) >= 11 is 0. The first-order chi connectivity index (χ1) is 6.70. The molecule has 1 heteroatoms. The minimum absolute atomic E-state index is 0.575. The van der Waals surface area contributed by atoms with Crippen LogP contribution in [0.25, 0.3) is 0 Å². The van der Waals surface area contributed by atoms with Gasteiger partial charge in [-0.05, 0) is 33.3 Å². The second-order valence-corrected chi connectivity index (χ2v) is 3.59. The highest BCUT2D eigenvalue weighted by atomic mass is 14.9. The van der Waals surface area contributed by atoms with E-state index in [0.717, 1.165) is 0 Å². The third-order valence-corrected chi connectivity index (χ3v) is 1.96. The maximum absolute atomic E-state index is 3.44. The molecular formula is C13H23N. The first-order valence-electron chi connectivity index (χ1n) is 5.43. The van der Waals surface area contributed by atoms with Gasteiger partial charge in [-0.15, -0.1) is 0 Å². The molecule has 0 saturated carbocycles. The predicted octanol–water partition coefficient (Wildman–Crippen LogP) is 3.80. The van der Waals surface area contributed by atoms with Gasteiger partial charge in [0.1, 0.15) is 0 Å². The fraction of sp³-hybridized carbons (Fsp3) is 0.538. The van der Waals surface area contributed by atoms with Crippen LogP contribution in [0.1, 0.15) is 40.5 Å². The van der Waals surface area contributed by atoms with E-state index in [9.17, 15) is 0 Å². The van der Waals surface area contributed by atoms with Gasteiger partial charge in [-0.1, -0.05) is 37.6 Å². The van der Waals surface area contributed by atoms with Crippen molar-refractivity contribution in [3.8, 4) is 0 Å². The van der Waals surface area contributed by atoms with Crippen molar-refractivity contribution < 1.29 is 0 Å². The van der Waals surface area contributed by atoms with E-state index in [2.05, 4.69) is 38.2 Å². The van der Waals surface area contributed by atoms with E-state index < -0.39 is 0 Å². The van der Waals surface area contributed by atoms with E-state index in [1.54, 1.807) is 0 Å². The Morgan fingerprint density at radius 2 is 2.00 bits per heavy atom. The summed E-state index contributed by atoms with van der Waals surface area (Å²) in [6.07, 6.45) is 12.7. The summed E-state index contributed by atoms with van der Waals surface area (Å²) in [7, 11) is 0. The lowest BCUT2D eigenvalue weighted by Crippen LogP contribution is -2.23. The third-order valence-electron chi connectivity index (χ3n) is 1.96. The average Bonchev–Trinajstić information content (AvgIpc) is 2.13. The topological polar surface area (TPSA) is 12.0 Å². The van der Waals surface area contributed by atoms with Gasteiger partial charge in [0.25, 0.3) is 0 Å². The lowest BCUT2D eigenvalue weighted by Gasteiger charge is -2.13. The number of nitrogens with one attached hydrogen (secondary N) is 1. The normalized spacial score (nSPS) is 15.3. The lowest BCUT2D eigenvalue weighted by atomic mass is 10.2. The third kappa shape index (κ3) is 7.66. The van der Waals surface area contributed by atoms with Crippen LogP contribution >= 0.6 is 0 Å². The van der Waals surface area contributed by atoms with Crippen molar-refractivity contribution in [2.24, 2.45) is 0 Å². The molecule has 1 N–H and O–H groups in total. The minimum Gasteiger partial charge on any atom is -0.386 e. The molecular weight excluding hydrogens is 170 g/mol. The molecule has 0 rings (SSSR count). The van der Waals surface area contributed by atoms with E-state index in [4.69, 9.17) is 0 Å². The van der Waals surface area contributed by atoms with Crippen molar-refractivity contribution in [1.29, 1.82) is 0 Å². The van der Waals surface area contributed by atoms with Gasteiger partial charge in [0, 0.05) is 11.7 Å². The van der Waals surface area contributed by atoms with Gasteiger partial charge < -0.3 is 5.32 Å². The van der Waals surface area contributed by atoms with Crippen LogP contribution in [0.3, 0.4) is 0 Å². The summed E-state index contributed by atoms with van der Waals surface area (Å²) in [5, 5.41) is 3.44. The van der Waals surface area contributed by atoms with Crippen LogP contribution in [-0.4, -0.2) is 6.04 Å². The summed E-state index contributed by atoms with van der Waals surface area (Å²) in [5.41, 5.74) is 1.23. The van der Waals surface area contributed by atoms with Crippen molar-refractivity contribution in [1.82, 2.24) is 5.32 Å². The Kier molecular flexibility index (Phi) is 8.01. The van der Waals surface area contributed by atoms with Crippen LogP contribution in [-0.2, 0) is 0 Å². The number of rotatable bonds is 6. The molecule has 0 saturated heterocycles. The number of hydrogen-bond acceptors (Lipinski definition) is 1. The van der Waals surface area contributed by atoms with E-state index in [0.29, 0.717) is 6.04 Å². The first-order valence-corrected chi connectivity index (χ1v) is 5.43. The average molecular weight is 193 g/mol. The fourth-order valence-electron chi connectivity index (χ4n) is 1.32. The van der Waals surface area contributed by atoms with Gasteiger partial charge in [0.05, 0.1) is 0 Å². The van der Waals surface area contributed by atoms with Crippen LogP contribution in [0.15, 0.2) is 36.1 Å². The molecule has 14 heavy (non-hydrogen) atoms. The van der Waals surface area contributed by atoms with E-state index in [-0.39, 0.29) is 0 Å². The molecule has 0 aliphatic heterocycles. The van der Waals surface area contributed by atoms with Crippen LogP contribution in [0.5, 0.6) is 0 Å². The molecule has 0 aliphatic rings. The molecule has 0 aromatic carbocycles. The van der Waals surface area contributed by atoms with E-state index in [1.807, 2.05) is 25.2 Å². The largest absolute Gasteiger partial charge is 0.386 e. The molecule has 0 aromatic heterocycles. The highest BCUT2D eigenvalue weighted by Crippen LogP contribution is 1.98. The molecule has 0 aromatic rings. The van der Waals surface area contributed by atoms with E-state index >= 15 is 0 Å². The van der Waals surface area contributed by atoms with Gasteiger partial charge >= 0.3 is 0 Å². The Bertz CT molecular complexity index is 211. The Balaban J connectivity index is 3.87. The molecule has 0 spiro atoms. The van der Waals surface area contributed by atoms with Gasteiger partial charge in [-0.25, -0.2) is 0 Å². The summed E-state index contributed by atoms with van der Waals surface area (Å²) in [6.45, 7) is 8.55. The summed E-state index contributed by atoms with van der Waals surface area (Å²) < 4.78 is 0. The summed E-state index contributed by atoms with van der Waals surface area (Å²) in [5.74, 6) is 0. The lowest BCUT2D eigenvalue weighted by molar-refractivity contribution is 0.560. The Hall–Kier alpha value is -0.980. The van der Waals surface area contributed by atoms with Crippen LogP contribution in [0, 0.1) is 0 Å². The molecule has 1 unspecified atom stereocenters. The van der Waals surface area contributed by atoms with Crippen molar-refractivity contribution >= 4 is 0 Å². The zero-order valence-electron chi connectivity index (χ0n) is 9.88. The highest BCUT2D eigenvalue weighted by molar-refractivity contribution is 5.14. The maximum atomic E-state index is 3.44. The minimum atomic E-state index is 0.575. The highest BCUT2D eigenvalue weighted by Gasteiger charge is 1.97. The summed E-state index contributed by atoms with van der Waals surface area (Å²) in [6, 6.07) is 0.575. The molecule has 1 nitrogen and oxygen atoms in total. The molecule has 0 heterocycles. The molecule has 0 bridgehead atoms. The van der Waals surface area contributed by atoms with Gasteiger partial charge in [0.15, 0.2) is 0 Å².